The van der Waals surface area contributed by atoms with E-state index in [0.29, 0.717) is 11.6 Å². The van der Waals surface area contributed by atoms with Crippen molar-refractivity contribution in [3.8, 4) is 0 Å². The van der Waals surface area contributed by atoms with E-state index < -0.39 is 0 Å². The van der Waals surface area contributed by atoms with Crippen LogP contribution in [0, 0.1) is 13.8 Å². The molecule has 0 saturated carbocycles. The van der Waals surface area contributed by atoms with Crippen LogP contribution in [0.5, 0.6) is 0 Å². The monoisotopic (exact) mass is 420 g/mol. The molecule has 0 unspecified atom stereocenters. The maximum Gasteiger partial charge on any atom is 0.349 e. The number of carbonyl (C=O) groups excluding carboxylic acids is 1. The number of hydrogen-bond acceptors (Lipinski definition) is 5. The van der Waals surface area contributed by atoms with Crippen LogP contribution in [-0.4, -0.2) is 26.2 Å². The number of fused-ring (bicyclic) bond motifs is 1. The summed E-state index contributed by atoms with van der Waals surface area (Å²) in [4.78, 5) is 33.6. The molecule has 2 aromatic heterocycles. The minimum atomic E-state index is -0.259. The quantitative estimate of drug-likeness (QED) is 0.488. The molecule has 0 aliphatic heterocycles. The number of thioether (sulfide) groups is 1. The van der Waals surface area contributed by atoms with Crippen molar-refractivity contribution in [1.29, 1.82) is 0 Å². The molecule has 0 bridgehead atoms. The van der Waals surface area contributed by atoms with Gasteiger partial charge >= 0.3 is 5.69 Å². The fourth-order valence-corrected chi connectivity index (χ4v) is 4.61. The van der Waals surface area contributed by atoms with Crippen LogP contribution < -0.4 is 11.0 Å². The molecule has 6 nitrogen and oxygen atoms in total. The molecule has 0 saturated heterocycles. The fraction of sp³-hybridized carbons (Fsp3) is 0.304. The first-order valence-electron chi connectivity index (χ1n) is 10.0. The zero-order valence-corrected chi connectivity index (χ0v) is 18.0. The summed E-state index contributed by atoms with van der Waals surface area (Å²) in [6.45, 7) is 4.46. The zero-order valence-electron chi connectivity index (χ0n) is 17.1. The van der Waals surface area contributed by atoms with Gasteiger partial charge in [-0.3, -0.25) is 14.3 Å². The molecule has 1 aliphatic carbocycles. The largest absolute Gasteiger partial charge is 0.349 e. The Balaban J connectivity index is 1.50. The fourth-order valence-electron chi connectivity index (χ4n) is 3.73. The van der Waals surface area contributed by atoms with E-state index in [-0.39, 0.29) is 17.3 Å². The van der Waals surface area contributed by atoms with Gasteiger partial charge in [-0.15, -0.1) is 0 Å². The Morgan fingerprint density at radius 3 is 2.77 bits per heavy atom. The van der Waals surface area contributed by atoms with Crippen LogP contribution in [0.15, 0.2) is 52.5 Å². The SMILES string of the molecule is Cc1ccc(C)c(NC(=O)CSc2nc(=O)n(Cc3ccncc3)c3c2CCC3)c1. The standard InChI is InChI=1S/C23H24N4O2S/c1-15-6-7-16(2)19(12-15)25-21(28)14-30-22-18-4-3-5-20(18)27(23(29)26-22)13-17-8-10-24-11-9-17/h6-12H,3-5,13-14H2,1-2H3,(H,25,28). The van der Waals surface area contributed by atoms with Gasteiger partial charge in [0.05, 0.1) is 12.3 Å². The molecule has 1 amide bonds. The Bertz CT molecular complexity index is 1140. The van der Waals surface area contributed by atoms with Gasteiger partial charge in [0.25, 0.3) is 0 Å². The minimum absolute atomic E-state index is 0.0942. The Kier molecular flexibility index (Phi) is 5.99. The van der Waals surface area contributed by atoms with Crippen molar-refractivity contribution in [1.82, 2.24) is 14.5 Å². The molecule has 0 radical (unpaired) electrons. The van der Waals surface area contributed by atoms with Gasteiger partial charge in [-0.2, -0.15) is 4.98 Å². The number of benzene rings is 1. The van der Waals surface area contributed by atoms with Crippen molar-refractivity contribution in [2.75, 3.05) is 11.1 Å². The maximum absolute atomic E-state index is 12.7. The van der Waals surface area contributed by atoms with Gasteiger partial charge in [-0.1, -0.05) is 23.9 Å². The second kappa shape index (κ2) is 8.83. The van der Waals surface area contributed by atoms with Gasteiger partial charge < -0.3 is 5.32 Å². The summed E-state index contributed by atoms with van der Waals surface area (Å²) in [5.41, 5.74) is 5.86. The number of carbonyl (C=O) groups is 1. The third kappa shape index (κ3) is 4.46. The predicted molar refractivity (Wildman–Crippen MR) is 119 cm³/mol. The number of pyridine rings is 1. The van der Waals surface area contributed by atoms with Crippen LogP contribution in [0.3, 0.4) is 0 Å². The highest BCUT2D eigenvalue weighted by atomic mass is 32.2. The van der Waals surface area contributed by atoms with E-state index >= 15 is 0 Å². The lowest BCUT2D eigenvalue weighted by molar-refractivity contribution is -0.113. The second-order valence-electron chi connectivity index (χ2n) is 7.58. The van der Waals surface area contributed by atoms with Gasteiger partial charge in [-0.05, 0) is 68.0 Å². The van der Waals surface area contributed by atoms with E-state index in [1.165, 1.54) is 11.8 Å². The van der Waals surface area contributed by atoms with E-state index in [4.69, 9.17) is 0 Å². The van der Waals surface area contributed by atoms with Gasteiger partial charge in [0.15, 0.2) is 0 Å². The van der Waals surface area contributed by atoms with Crippen LogP contribution in [-0.2, 0) is 24.2 Å². The lowest BCUT2D eigenvalue weighted by Crippen LogP contribution is -2.28. The van der Waals surface area contributed by atoms with Gasteiger partial charge in [0.1, 0.15) is 5.03 Å². The molecule has 7 heteroatoms. The molecular formula is C23H24N4O2S. The van der Waals surface area contributed by atoms with Crippen molar-refractivity contribution in [3.05, 3.63) is 81.2 Å². The highest BCUT2D eigenvalue weighted by Crippen LogP contribution is 2.29. The molecule has 0 atom stereocenters. The van der Waals surface area contributed by atoms with Crippen LogP contribution in [0.2, 0.25) is 0 Å². The number of amides is 1. The highest BCUT2D eigenvalue weighted by molar-refractivity contribution is 8.00. The maximum atomic E-state index is 12.7. The Morgan fingerprint density at radius 1 is 1.17 bits per heavy atom. The summed E-state index contributed by atoms with van der Waals surface area (Å²) in [7, 11) is 0. The van der Waals surface area contributed by atoms with Gasteiger partial charge in [0, 0.05) is 29.3 Å². The Morgan fingerprint density at radius 2 is 1.97 bits per heavy atom. The molecule has 1 N–H and O–H groups in total. The van der Waals surface area contributed by atoms with E-state index in [0.717, 1.165) is 52.9 Å². The first kappa shape index (κ1) is 20.3. The van der Waals surface area contributed by atoms with E-state index in [9.17, 15) is 9.59 Å². The molecule has 3 aromatic rings. The van der Waals surface area contributed by atoms with Crippen LogP contribution in [0.1, 0.15) is 34.4 Å². The molecule has 0 fully saturated rings. The van der Waals surface area contributed by atoms with Crippen LogP contribution >= 0.6 is 11.8 Å². The normalized spacial score (nSPS) is 12.6. The Hall–Kier alpha value is -2.93. The number of nitrogens with zero attached hydrogens (tertiary/aromatic N) is 3. The third-order valence-corrected chi connectivity index (χ3v) is 6.32. The number of nitrogens with one attached hydrogen (secondary N) is 1. The summed E-state index contributed by atoms with van der Waals surface area (Å²) < 4.78 is 1.76. The number of hydrogen-bond donors (Lipinski definition) is 1. The molecule has 4 rings (SSSR count). The average molecular weight is 421 g/mol. The van der Waals surface area contributed by atoms with Crippen molar-refractivity contribution in [2.24, 2.45) is 0 Å². The lowest BCUT2D eigenvalue weighted by Gasteiger charge is -2.14. The van der Waals surface area contributed by atoms with E-state index in [1.807, 2.05) is 44.2 Å². The van der Waals surface area contributed by atoms with Crippen molar-refractivity contribution in [2.45, 2.75) is 44.7 Å². The Labute approximate surface area is 179 Å². The van der Waals surface area contributed by atoms with E-state index in [2.05, 4.69) is 15.3 Å². The summed E-state index contributed by atoms with van der Waals surface area (Å²) >= 11 is 1.35. The van der Waals surface area contributed by atoms with Crippen molar-refractivity contribution in [3.63, 3.8) is 0 Å². The molecule has 0 spiro atoms. The summed E-state index contributed by atoms with van der Waals surface area (Å²) in [5, 5.41) is 3.66. The molecular weight excluding hydrogens is 396 g/mol. The summed E-state index contributed by atoms with van der Waals surface area (Å²) in [5.74, 6) is 0.129. The number of anilines is 1. The van der Waals surface area contributed by atoms with Crippen LogP contribution in [0.25, 0.3) is 0 Å². The predicted octanol–water partition coefficient (Wildman–Crippen LogP) is 3.52. The third-order valence-electron chi connectivity index (χ3n) is 5.30. The minimum Gasteiger partial charge on any atom is -0.325 e. The summed E-state index contributed by atoms with van der Waals surface area (Å²) in [6.07, 6.45) is 6.21. The first-order valence-corrected chi connectivity index (χ1v) is 11.0. The van der Waals surface area contributed by atoms with Crippen molar-refractivity contribution < 1.29 is 4.79 Å². The summed E-state index contributed by atoms with van der Waals surface area (Å²) in [6, 6.07) is 9.80. The van der Waals surface area contributed by atoms with Gasteiger partial charge in [0.2, 0.25) is 5.91 Å². The molecule has 30 heavy (non-hydrogen) atoms. The topological polar surface area (TPSA) is 76.9 Å². The van der Waals surface area contributed by atoms with Gasteiger partial charge in [-0.25, -0.2) is 4.79 Å². The molecule has 154 valence electrons. The molecule has 1 aliphatic rings. The zero-order chi connectivity index (χ0) is 21.1. The van der Waals surface area contributed by atoms with Crippen LogP contribution in [0.4, 0.5) is 5.69 Å². The molecule has 1 aromatic carbocycles. The number of aryl methyl sites for hydroxylation is 2. The first-order chi connectivity index (χ1) is 14.5. The number of aromatic nitrogens is 3. The van der Waals surface area contributed by atoms with Crippen molar-refractivity contribution >= 4 is 23.4 Å². The average Bonchev–Trinajstić information content (AvgIpc) is 3.22. The smallest absolute Gasteiger partial charge is 0.325 e. The van der Waals surface area contributed by atoms with E-state index in [1.54, 1.807) is 17.0 Å². The lowest BCUT2D eigenvalue weighted by atomic mass is 10.1. The molecule has 2 heterocycles. The number of rotatable bonds is 6. The highest BCUT2D eigenvalue weighted by Gasteiger charge is 2.22. The second-order valence-corrected chi connectivity index (χ2v) is 8.54.